The van der Waals surface area contributed by atoms with E-state index in [1.54, 1.807) is 0 Å². The summed E-state index contributed by atoms with van der Waals surface area (Å²) < 4.78 is 6.51. The number of nitrogens with zero attached hydrogens (tertiary/aromatic N) is 3. The lowest BCUT2D eigenvalue weighted by molar-refractivity contribution is 0.662. The largest absolute Gasteiger partial charge is 0.456 e. The quantitative estimate of drug-likeness (QED) is 0.183. The summed E-state index contributed by atoms with van der Waals surface area (Å²) in [4.78, 5) is 15.6. The lowest BCUT2D eigenvalue weighted by Crippen LogP contribution is -2.16. The highest BCUT2D eigenvalue weighted by Crippen LogP contribution is 2.55. The molecule has 1 aliphatic carbocycles. The van der Waals surface area contributed by atoms with Gasteiger partial charge in [-0.25, -0.2) is 15.0 Å². The maximum absolute atomic E-state index is 6.51. The highest BCUT2D eigenvalue weighted by atomic mass is 16.3. The fraction of sp³-hybridized carbons (Fsp3) is 0.0625. The monoisotopic (exact) mass is 667 g/mol. The second-order valence-electron chi connectivity index (χ2n) is 14.0. The van der Waals surface area contributed by atoms with Crippen molar-refractivity contribution in [2.24, 2.45) is 0 Å². The van der Waals surface area contributed by atoms with Crippen molar-refractivity contribution in [3.63, 3.8) is 0 Å². The molecule has 52 heavy (non-hydrogen) atoms. The van der Waals surface area contributed by atoms with Gasteiger partial charge in [-0.1, -0.05) is 153 Å². The molecule has 1 aliphatic rings. The third-order valence-corrected chi connectivity index (χ3v) is 10.5. The molecule has 0 unspecified atom stereocenters. The van der Waals surface area contributed by atoms with E-state index in [0.717, 1.165) is 49.8 Å². The predicted octanol–water partition coefficient (Wildman–Crippen LogP) is 12.4. The summed E-state index contributed by atoms with van der Waals surface area (Å²) in [5, 5.41) is 2.16. The van der Waals surface area contributed by atoms with E-state index in [2.05, 4.69) is 147 Å². The van der Waals surface area contributed by atoms with Crippen LogP contribution in [0.25, 0.3) is 89.5 Å². The van der Waals surface area contributed by atoms with Crippen molar-refractivity contribution in [3.05, 3.63) is 175 Å². The second-order valence-corrected chi connectivity index (χ2v) is 14.0. The maximum Gasteiger partial charge on any atom is 0.164 e. The Labute approximate surface area is 302 Å². The van der Waals surface area contributed by atoms with Crippen molar-refractivity contribution in [2.45, 2.75) is 19.3 Å². The molecule has 2 heterocycles. The van der Waals surface area contributed by atoms with Crippen LogP contribution in [0.2, 0.25) is 0 Å². The van der Waals surface area contributed by atoms with E-state index in [-0.39, 0.29) is 5.41 Å². The summed E-state index contributed by atoms with van der Waals surface area (Å²) in [5.41, 5.74) is 13.9. The van der Waals surface area contributed by atoms with Gasteiger partial charge in [0.25, 0.3) is 0 Å². The molecule has 0 radical (unpaired) electrons. The lowest BCUT2D eigenvalue weighted by atomic mass is 9.78. The van der Waals surface area contributed by atoms with E-state index in [1.807, 2.05) is 30.3 Å². The van der Waals surface area contributed by atoms with Crippen LogP contribution in [0, 0.1) is 0 Å². The Hall–Kier alpha value is -6.65. The molecule has 0 fully saturated rings. The van der Waals surface area contributed by atoms with Crippen LogP contribution >= 0.6 is 0 Å². The number of fused-ring (bicyclic) bond motifs is 6. The van der Waals surface area contributed by atoms with Gasteiger partial charge in [-0.05, 0) is 68.8 Å². The van der Waals surface area contributed by atoms with Crippen molar-refractivity contribution in [3.8, 4) is 67.5 Å². The van der Waals surface area contributed by atoms with E-state index in [1.165, 1.54) is 33.4 Å². The Morgan fingerprint density at radius 3 is 1.73 bits per heavy atom. The molecule has 9 aromatic rings. The molecule has 0 atom stereocenters. The highest BCUT2D eigenvalue weighted by molar-refractivity contribution is 6.13. The third kappa shape index (κ3) is 4.72. The number of furan rings is 1. The summed E-state index contributed by atoms with van der Waals surface area (Å²) in [7, 11) is 0. The average molecular weight is 668 g/mol. The normalized spacial score (nSPS) is 13.0. The number of benzene rings is 7. The lowest BCUT2D eigenvalue weighted by Gasteiger charge is -2.25. The molecule has 246 valence electrons. The fourth-order valence-electron chi connectivity index (χ4n) is 8.12. The highest BCUT2D eigenvalue weighted by Gasteiger charge is 2.39. The van der Waals surface area contributed by atoms with Crippen molar-refractivity contribution in [2.75, 3.05) is 0 Å². The minimum Gasteiger partial charge on any atom is -0.456 e. The van der Waals surface area contributed by atoms with Crippen LogP contribution in [-0.4, -0.2) is 15.0 Å². The van der Waals surface area contributed by atoms with Gasteiger partial charge in [-0.3, -0.25) is 0 Å². The molecule has 4 heteroatoms. The summed E-state index contributed by atoms with van der Waals surface area (Å²) in [6, 6.07) is 57.1. The van der Waals surface area contributed by atoms with E-state index in [4.69, 9.17) is 19.4 Å². The molecule has 0 saturated carbocycles. The topological polar surface area (TPSA) is 51.8 Å². The van der Waals surface area contributed by atoms with Crippen molar-refractivity contribution >= 4 is 21.9 Å². The maximum atomic E-state index is 6.51. The Balaban J connectivity index is 1.20. The van der Waals surface area contributed by atoms with Crippen LogP contribution in [-0.2, 0) is 5.41 Å². The zero-order valence-electron chi connectivity index (χ0n) is 28.8. The predicted molar refractivity (Wildman–Crippen MR) is 212 cm³/mol. The standard InChI is InChI=1S/C48H33N3O/c1-48(2)39-23-13-12-21-36(39)43-38(28-27-35(44(43)48)31-17-8-4-9-18-31)47-50-45(32-19-10-5-11-20-32)49-46(51-47)33-25-26-37-41(29-33)52-40-24-14-22-34(42(37)40)30-15-6-3-7-16-30/h3-29H,1-2H3. The summed E-state index contributed by atoms with van der Waals surface area (Å²) in [6.07, 6.45) is 0. The van der Waals surface area contributed by atoms with Gasteiger partial charge in [0, 0.05) is 32.9 Å². The number of hydrogen-bond acceptors (Lipinski definition) is 4. The fourth-order valence-corrected chi connectivity index (χ4v) is 8.12. The third-order valence-electron chi connectivity index (χ3n) is 10.5. The smallest absolute Gasteiger partial charge is 0.164 e. The van der Waals surface area contributed by atoms with Gasteiger partial charge in [-0.2, -0.15) is 0 Å². The number of rotatable bonds is 5. The first kappa shape index (κ1) is 30.2. The van der Waals surface area contributed by atoms with Gasteiger partial charge >= 0.3 is 0 Å². The van der Waals surface area contributed by atoms with E-state index in [9.17, 15) is 0 Å². The summed E-state index contributed by atoms with van der Waals surface area (Å²) in [6.45, 7) is 4.65. The first-order valence-electron chi connectivity index (χ1n) is 17.7. The van der Waals surface area contributed by atoms with Crippen molar-refractivity contribution in [1.29, 1.82) is 0 Å². The Morgan fingerprint density at radius 1 is 0.423 bits per heavy atom. The SMILES string of the molecule is CC1(C)c2ccccc2-c2c(-c3nc(-c4ccccc4)nc(-c4ccc5c(c4)oc4cccc(-c6ccccc6)c45)n3)ccc(-c3ccccc3)c21. The van der Waals surface area contributed by atoms with Gasteiger partial charge in [-0.15, -0.1) is 0 Å². The molecule has 0 N–H and O–H groups in total. The zero-order chi connectivity index (χ0) is 34.8. The molecule has 10 rings (SSSR count). The molecule has 0 amide bonds. The van der Waals surface area contributed by atoms with Gasteiger partial charge in [0.2, 0.25) is 0 Å². The Bertz CT molecular complexity index is 2800. The Kier molecular flexibility index (Phi) is 6.80. The van der Waals surface area contributed by atoms with Crippen molar-refractivity contribution < 1.29 is 4.42 Å². The van der Waals surface area contributed by atoms with Crippen LogP contribution < -0.4 is 0 Å². The first-order valence-corrected chi connectivity index (χ1v) is 17.7. The molecule has 4 nitrogen and oxygen atoms in total. The molecular formula is C48H33N3O. The first-order chi connectivity index (χ1) is 25.5. The molecular weight excluding hydrogens is 635 g/mol. The van der Waals surface area contributed by atoms with Crippen LogP contribution in [0.1, 0.15) is 25.0 Å². The molecule has 0 bridgehead atoms. The van der Waals surface area contributed by atoms with Gasteiger partial charge in [0.15, 0.2) is 17.5 Å². The van der Waals surface area contributed by atoms with E-state index in [0.29, 0.717) is 17.5 Å². The number of hydrogen-bond donors (Lipinski definition) is 0. The minimum atomic E-state index is -0.226. The second kappa shape index (κ2) is 11.7. The van der Waals surface area contributed by atoms with E-state index < -0.39 is 0 Å². The van der Waals surface area contributed by atoms with Crippen LogP contribution in [0.5, 0.6) is 0 Å². The summed E-state index contributed by atoms with van der Waals surface area (Å²) in [5.74, 6) is 1.87. The van der Waals surface area contributed by atoms with Crippen LogP contribution in [0.4, 0.5) is 0 Å². The molecule has 0 saturated heterocycles. The molecule has 2 aromatic heterocycles. The summed E-state index contributed by atoms with van der Waals surface area (Å²) >= 11 is 0. The number of aromatic nitrogens is 3. The molecule has 0 aliphatic heterocycles. The zero-order valence-corrected chi connectivity index (χ0v) is 28.8. The molecule has 7 aromatic carbocycles. The molecule has 0 spiro atoms. The minimum absolute atomic E-state index is 0.226. The van der Waals surface area contributed by atoms with Crippen LogP contribution in [0.3, 0.4) is 0 Å². The Morgan fingerprint density at radius 2 is 1.00 bits per heavy atom. The average Bonchev–Trinajstić information content (AvgIpc) is 3.70. The van der Waals surface area contributed by atoms with Gasteiger partial charge in [0.1, 0.15) is 11.2 Å². The van der Waals surface area contributed by atoms with E-state index >= 15 is 0 Å². The van der Waals surface area contributed by atoms with Crippen LogP contribution in [0.15, 0.2) is 168 Å². The van der Waals surface area contributed by atoms with Gasteiger partial charge < -0.3 is 4.42 Å². The van der Waals surface area contributed by atoms with Gasteiger partial charge in [0.05, 0.1) is 0 Å². The van der Waals surface area contributed by atoms with Crippen molar-refractivity contribution in [1.82, 2.24) is 15.0 Å².